The summed E-state index contributed by atoms with van der Waals surface area (Å²) in [6, 6.07) is 1.57. The van der Waals surface area contributed by atoms with Crippen LogP contribution >= 0.6 is 0 Å². The van der Waals surface area contributed by atoms with Crippen molar-refractivity contribution in [2.45, 2.75) is 12.9 Å². The predicted molar refractivity (Wildman–Crippen MR) is 67.8 cm³/mol. The topological polar surface area (TPSA) is 138 Å². The third-order valence-corrected chi connectivity index (χ3v) is 2.20. The molecule has 0 aliphatic rings. The highest BCUT2D eigenvalue weighted by atomic mass is 16.6. The van der Waals surface area contributed by atoms with Crippen LogP contribution < -0.4 is 10.5 Å². The highest BCUT2D eigenvalue weighted by molar-refractivity contribution is 6.46. The quantitative estimate of drug-likeness (QED) is 0.296. The minimum absolute atomic E-state index is 0.0221. The van der Waals surface area contributed by atoms with E-state index < -0.39 is 24.0 Å². The zero-order valence-corrected chi connectivity index (χ0v) is 10.1. The van der Waals surface area contributed by atoms with Crippen LogP contribution in [0.5, 0.6) is 0 Å². The number of carbonyl (C=O) groups is 1. The number of nitrogens with one attached hydrogen (secondary N) is 2. The van der Waals surface area contributed by atoms with Gasteiger partial charge in [0.2, 0.25) is 5.82 Å². The summed E-state index contributed by atoms with van der Waals surface area (Å²) in [6.07, 6.45) is 1.35. The third kappa shape index (κ3) is 4.52. The van der Waals surface area contributed by atoms with E-state index in [9.17, 15) is 14.9 Å². The molecule has 0 radical (unpaired) electrons. The fourth-order valence-electron chi connectivity index (χ4n) is 1.39. The average molecular weight is 268 g/mol. The van der Waals surface area contributed by atoms with Gasteiger partial charge in [0.15, 0.2) is 0 Å². The normalized spacial score (nSPS) is 11.7. The Kier molecular flexibility index (Phi) is 5.21. The number of anilines is 1. The Morgan fingerprint density at radius 3 is 2.89 bits per heavy atom. The van der Waals surface area contributed by atoms with Gasteiger partial charge in [0, 0.05) is 18.8 Å². The van der Waals surface area contributed by atoms with E-state index in [0.717, 1.165) is 0 Å². The zero-order valence-electron chi connectivity index (χ0n) is 10.1. The van der Waals surface area contributed by atoms with Crippen LogP contribution in [0.4, 0.5) is 11.5 Å². The Labute approximate surface area is 108 Å². The van der Waals surface area contributed by atoms with Crippen molar-refractivity contribution in [1.29, 1.82) is 0 Å². The van der Waals surface area contributed by atoms with E-state index in [4.69, 9.17) is 10.1 Å². The highest BCUT2D eigenvalue weighted by Crippen LogP contribution is 2.19. The maximum Gasteiger partial charge on any atom is 0.374 e. The van der Waals surface area contributed by atoms with Crippen LogP contribution in [0.1, 0.15) is 0 Å². The number of pyridine rings is 1. The first-order valence-corrected chi connectivity index (χ1v) is 5.42. The van der Waals surface area contributed by atoms with Gasteiger partial charge in [0.25, 0.3) is 0 Å². The van der Waals surface area contributed by atoms with Crippen molar-refractivity contribution >= 4 is 24.5 Å². The van der Waals surface area contributed by atoms with Crippen molar-refractivity contribution < 1.29 is 19.8 Å². The van der Waals surface area contributed by atoms with Crippen LogP contribution in [-0.2, 0) is 4.79 Å². The monoisotopic (exact) mass is 268 g/mol. The van der Waals surface area contributed by atoms with E-state index in [1.807, 2.05) is 0 Å². The largest absolute Gasteiger partial charge is 0.480 e. The van der Waals surface area contributed by atoms with E-state index in [0.29, 0.717) is 0 Å². The van der Waals surface area contributed by atoms with Gasteiger partial charge in [-0.25, -0.2) is 4.98 Å². The smallest absolute Gasteiger partial charge is 0.374 e. The van der Waals surface area contributed by atoms with Gasteiger partial charge in [0.05, 0.1) is 4.92 Å². The highest BCUT2D eigenvalue weighted by Gasteiger charge is 2.22. The van der Waals surface area contributed by atoms with Gasteiger partial charge >= 0.3 is 18.7 Å². The molecule has 19 heavy (non-hydrogen) atoms. The summed E-state index contributed by atoms with van der Waals surface area (Å²) in [5, 5.41) is 33.7. The molecule has 102 valence electrons. The summed E-state index contributed by atoms with van der Waals surface area (Å²) in [5.41, 5.74) is -0.247. The molecule has 1 atom stereocenters. The Balaban J connectivity index is 2.74. The molecule has 0 aliphatic carbocycles. The molecule has 0 unspecified atom stereocenters. The lowest BCUT2D eigenvalue weighted by molar-refractivity contribution is -0.384. The van der Waals surface area contributed by atoms with Gasteiger partial charge in [-0.2, -0.15) is 0 Å². The molecule has 0 saturated carbocycles. The number of hydrogen-bond acceptors (Lipinski definition) is 7. The Bertz CT molecular complexity index is 470. The van der Waals surface area contributed by atoms with Gasteiger partial charge in [-0.05, 0) is 12.9 Å². The fourth-order valence-corrected chi connectivity index (χ4v) is 1.39. The Morgan fingerprint density at radius 1 is 1.68 bits per heavy atom. The molecule has 10 heteroatoms. The first-order valence-electron chi connectivity index (χ1n) is 5.42. The summed E-state index contributed by atoms with van der Waals surface area (Å²) in [4.78, 5) is 24.8. The van der Waals surface area contributed by atoms with Crippen molar-refractivity contribution in [3.05, 3.63) is 28.4 Å². The van der Waals surface area contributed by atoms with Gasteiger partial charge in [-0.15, -0.1) is 0 Å². The average Bonchev–Trinajstić information content (AvgIpc) is 2.34. The van der Waals surface area contributed by atoms with E-state index in [-0.39, 0.29) is 18.1 Å². The molecule has 0 fully saturated rings. The van der Waals surface area contributed by atoms with Crippen molar-refractivity contribution in [3.63, 3.8) is 0 Å². The standard InChI is InChI=1S/C9H13BN4O5/c1-10(17)13-6(9(15)16)5-12-8-7(14(18)19)3-2-4-11-8/h2-4,6,13,17H,5H2,1H3,(H,11,12)(H,15,16)/t6-/m0/s1. The van der Waals surface area contributed by atoms with Gasteiger partial charge in [0.1, 0.15) is 6.04 Å². The van der Waals surface area contributed by atoms with Crippen molar-refractivity contribution in [2.75, 3.05) is 11.9 Å². The van der Waals surface area contributed by atoms with Crippen LogP contribution in [0.15, 0.2) is 18.3 Å². The lowest BCUT2D eigenvalue weighted by atomic mass is 9.87. The molecule has 0 spiro atoms. The first kappa shape index (κ1) is 14.9. The number of nitro groups is 1. The van der Waals surface area contributed by atoms with Crippen molar-refractivity contribution in [1.82, 2.24) is 10.2 Å². The minimum Gasteiger partial charge on any atom is -0.480 e. The van der Waals surface area contributed by atoms with Crippen LogP contribution in [0.2, 0.25) is 6.82 Å². The first-order chi connectivity index (χ1) is 8.91. The van der Waals surface area contributed by atoms with Crippen molar-refractivity contribution in [2.24, 2.45) is 0 Å². The number of carboxylic acids is 1. The van der Waals surface area contributed by atoms with Crippen LogP contribution in [0.3, 0.4) is 0 Å². The van der Waals surface area contributed by atoms with E-state index in [2.05, 4.69) is 15.5 Å². The lowest BCUT2D eigenvalue weighted by Gasteiger charge is -2.15. The van der Waals surface area contributed by atoms with E-state index in [1.165, 1.54) is 25.2 Å². The lowest BCUT2D eigenvalue weighted by Crippen LogP contribution is -2.48. The molecular formula is C9H13BN4O5. The molecule has 4 N–H and O–H groups in total. The molecule has 9 nitrogen and oxygen atoms in total. The second-order valence-corrected chi connectivity index (χ2v) is 3.74. The molecule has 1 heterocycles. The third-order valence-electron chi connectivity index (χ3n) is 2.20. The Hall–Kier alpha value is -2.20. The molecule has 1 aromatic heterocycles. The maximum atomic E-state index is 10.9. The molecule has 0 aliphatic heterocycles. The molecule has 0 aromatic carbocycles. The van der Waals surface area contributed by atoms with Gasteiger partial charge < -0.3 is 20.7 Å². The summed E-state index contributed by atoms with van der Waals surface area (Å²) in [5.74, 6) is -1.21. The number of carboxylic acid groups (broad SMARTS) is 1. The van der Waals surface area contributed by atoms with Crippen LogP contribution in [0.25, 0.3) is 0 Å². The number of rotatable bonds is 7. The van der Waals surface area contributed by atoms with Crippen LogP contribution in [-0.4, -0.2) is 45.6 Å². The second kappa shape index (κ2) is 6.66. The molecule has 1 aromatic rings. The SMILES string of the molecule is CB(O)N[C@@H](CNc1ncccc1[N+](=O)[O-])C(=O)O. The number of nitrogens with zero attached hydrogens (tertiary/aromatic N) is 2. The van der Waals surface area contributed by atoms with Crippen molar-refractivity contribution in [3.8, 4) is 0 Å². The molecule has 0 amide bonds. The summed E-state index contributed by atoms with van der Waals surface area (Å²) in [7, 11) is -1.01. The second-order valence-electron chi connectivity index (χ2n) is 3.74. The molecular weight excluding hydrogens is 255 g/mol. The predicted octanol–water partition coefficient (Wildman–Crippen LogP) is -0.445. The minimum atomic E-state index is -1.19. The number of aromatic nitrogens is 1. The van der Waals surface area contributed by atoms with Gasteiger partial charge in [-0.1, -0.05) is 0 Å². The molecule has 0 bridgehead atoms. The van der Waals surface area contributed by atoms with Crippen LogP contribution in [0, 0.1) is 10.1 Å². The van der Waals surface area contributed by atoms with E-state index >= 15 is 0 Å². The Morgan fingerprint density at radius 2 is 2.37 bits per heavy atom. The summed E-state index contributed by atoms with van der Waals surface area (Å²) in [6.45, 7) is 1.22. The van der Waals surface area contributed by atoms with Gasteiger partial charge in [-0.3, -0.25) is 14.9 Å². The maximum absolute atomic E-state index is 10.9. The molecule has 0 saturated heterocycles. The number of aliphatic carboxylic acids is 1. The number of hydrogen-bond donors (Lipinski definition) is 4. The van der Waals surface area contributed by atoms with E-state index in [1.54, 1.807) is 0 Å². The zero-order chi connectivity index (χ0) is 14.4. The summed E-state index contributed by atoms with van der Waals surface area (Å²) < 4.78 is 0. The summed E-state index contributed by atoms with van der Waals surface area (Å²) >= 11 is 0. The fraction of sp³-hybridized carbons (Fsp3) is 0.333. The molecule has 1 rings (SSSR count).